The highest BCUT2D eigenvalue weighted by atomic mass is 32.1. The Labute approximate surface area is 113 Å². The first-order chi connectivity index (χ1) is 8.27. The van der Waals surface area contributed by atoms with Gasteiger partial charge < -0.3 is 10.1 Å². The Morgan fingerprint density at radius 1 is 1.50 bits per heavy atom. The Morgan fingerprint density at radius 3 is 2.89 bits per heavy atom. The number of carbonyl (C=O) groups excluding carboxylic acids is 1. The molecule has 0 bridgehead atoms. The van der Waals surface area contributed by atoms with Gasteiger partial charge >= 0.3 is 6.09 Å². The van der Waals surface area contributed by atoms with Crippen LogP contribution in [0.1, 0.15) is 44.6 Å². The molecule has 1 unspecified atom stereocenters. The molecule has 0 saturated heterocycles. The molecule has 0 radical (unpaired) electrons. The van der Waals surface area contributed by atoms with Gasteiger partial charge in [0.2, 0.25) is 0 Å². The van der Waals surface area contributed by atoms with Crippen LogP contribution in [0.15, 0.2) is 11.4 Å². The first-order valence-corrected chi connectivity index (χ1v) is 7.22. The minimum Gasteiger partial charge on any atom is -0.444 e. The van der Waals surface area contributed by atoms with Gasteiger partial charge in [-0.05, 0) is 57.5 Å². The van der Waals surface area contributed by atoms with E-state index in [1.165, 1.54) is 10.4 Å². The molecule has 1 aromatic rings. The van der Waals surface area contributed by atoms with Crippen LogP contribution in [-0.4, -0.2) is 17.2 Å². The summed E-state index contributed by atoms with van der Waals surface area (Å²) in [7, 11) is 0. The van der Waals surface area contributed by atoms with Crippen molar-refractivity contribution in [2.45, 2.75) is 58.1 Å². The quantitative estimate of drug-likeness (QED) is 0.845. The molecule has 4 heteroatoms. The lowest BCUT2D eigenvalue weighted by molar-refractivity contribution is 0.0455. The lowest BCUT2D eigenvalue weighted by Gasteiger charge is -2.35. The van der Waals surface area contributed by atoms with Crippen molar-refractivity contribution >= 4 is 17.4 Å². The zero-order valence-corrected chi connectivity index (χ0v) is 12.3. The fraction of sp³-hybridized carbons (Fsp3) is 0.643. The minimum absolute atomic E-state index is 0.180. The number of thiophene rings is 1. The van der Waals surface area contributed by atoms with Crippen molar-refractivity contribution in [3.05, 3.63) is 21.9 Å². The van der Waals surface area contributed by atoms with Gasteiger partial charge in [0, 0.05) is 16.8 Å². The highest BCUT2D eigenvalue weighted by Crippen LogP contribution is 2.32. The molecule has 0 aromatic carbocycles. The third-order valence-corrected chi connectivity index (χ3v) is 4.10. The van der Waals surface area contributed by atoms with Gasteiger partial charge in [-0.15, -0.1) is 11.3 Å². The van der Waals surface area contributed by atoms with E-state index < -0.39 is 5.60 Å². The molecule has 1 aromatic heterocycles. The van der Waals surface area contributed by atoms with Crippen LogP contribution >= 0.6 is 11.3 Å². The lowest BCUT2D eigenvalue weighted by atomic mass is 9.83. The molecule has 0 fully saturated rings. The maximum Gasteiger partial charge on any atom is 0.408 e. The Kier molecular flexibility index (Phi) is 3.41. The molecule has 18 heavy (non-hydrogen) atoms. The van der Waals surface area contributed by atoms with Crippen molar-refractivity contribution < 1.29 is 9.53 Å². The van der Waals surface area contributed by atoms with E-state index in [-0.39, 0.29) is 11.6 Å². The van der Waals surface area contributed by atoms with Gasteiger partial charge in [-0.3, -0.25) is 0 Å². The van der Waals surface area contributed by atoms with Crippen molar-refractivity contribution in [2.24, 2.45) is 0 Å². The second-order valence-electron chi connectivity index (χ2n) is 6.23. The van der Waals surface area contributed by atoms with Crippen LogP contribution in [0.25, 0.3) is 0 Å². The summed E-state index contributed by atoms with van der Waals surface area (Å²) in [6.45, 7) is 7.74. The third kappa shape index (κ3) is 3.25. The number of carbonyl (C=O) groups is 1. The molecule has 0 saturated carbocycles. The predicted octanol–water partition coefficient (Wildman–Crippen LogP) is 3.52. The topological polar surface area (TPSA) is 38.3 Å². The average molecular weight is 267 g/mol. The molecular formula is C14H21NO2S. The number of nitrogens with one attached hydrogen (secondary N) is 1. The maximum atomic E-state index is 11.9. The number of aryl methyl sites for hydroxylation is 1. The van der Waals surface area contributed by atoms with Crippen LogP contribution in [0.2, 0.25) is 0 Å². The summed E-state index contributed by atoms with van der Waals surface area (Å²) in [6, 6.07) is 2.19. The molecule has 2 rings (SSSR count). The van der Waals surface area contributed by atoms with E-state index in [1.807, 2.05) is 20.8 Å². The predicted molar refractivity (Wildman–Crippen MR) is 74.1 cm³/mol. The molecule has 1 aliphatic rings. The van der Waals surface area contributed by atoms with Crippen LogP contribution in [0.3, 0.4) is 0 Å². The van der Waals surface area contributed by atoms with Crippen molar-refractivity contribution in [2.75, 3.05) is 0 Å². The van der Waals surface area contributed by atoms with Gasteiger partial charge in [-0.2, -0.15) is 0 Å². The Morgan fingerprint density at radius 2 is 2.22 bits per heavy atom. The normalized spacial score (nSPS) is 23.3. The summed E-state index contributed by atoms with van der Waals surface area (Å²) in [5.41, 5.74) is 0.812. The van der Waals surface area contributed by atoms with Crippen LogP contribution in [-0.2, 0) is 17.6 Å². The number of fused-ring (bicyclic) bond motifs is 1. The zero-order chi connectivity index (χ0) is 13.4. The molecule has 3 nitrogen and oxygen atoms in total. The Hall–Kier alpha value is -1.03. The van der Waals surface area contributed by atoms with Crippen molar-refractivity contribution in [3.8, 4) is 0 Å². The summed E-state index contributed by atoms with van der Waals surface area (Å²) >= 11 is 1.78. The van der Waals surface area contributed by atoms with E-state index in [4.69, 9.17) is 4.74 Å². The monoisotopic (exact) mass is 267 g/mol. The van der Waals surface area contributed by atoms with E-state index in [0.717, 1.165) is 19.3 Å². The van der Waals surface area contributed by atoms with E-state index >= 15 is 0 Å². The van der Waals surface area contributed by atoms with E-state index in [9.17, 15) is 4.79 Å². The molecule has 0 spiro atoms. The van der Waals surface area contributed by atoms with E-state index in [2.05, 4.69) is 23.7 Å². The number of alkyl carbamates (subject to hydrolysis) is 1. The molecule has 1 N–H and O–H groups in total. The van der Waals surface area contributed by atoms with Crippen molar-refractivity contribution in [1.82, 2.24) is 5.32 Å². The number of ether oxygens (including phenoxy) is 1. The van der Waals surface area contributed by atoms with E-state index in [0.29, 0.717) is 0 Å². The average Bonchev–Trinajstić information content (AvgIpc) is 2.59. The first kappa shape index (κ1) is 13.4. The second-order valence-corrected chi connectivity index (χ2v) is 7.23. The smallest absolute Gasteiger partial charge is 0.408 e. The van der Waals surface area contributed by atoms with Crippen LogP contribution in [0.4, 0.5) is 4.79 Å². The lowest BCUT2D eigenvalue weighted by Crippen LogP contribution is -2.50. The second kappa shape index (κ2) is 4.57. The van der Waals surface area contributed by atoms with Gasteiger partial charge in [-0.25, -0.2) is 4.79 Å². The largest absolute Gasteiger partial charge is 0.444 e. The summed E-state index contributed by atoms with van der Waals surface area (Å²) in [5.74, 6) is 0. The highest BCUT2D eigenvalue weighted by molar-refractivity contribution is 7.10. The van der Waals surface area contributed by atoms with Crippen LogP contribution < -0.4 is 5.32 Å². The van der Waals surface area contributed by atoms with Crippen LogP contribution in [0, 0.1) is 0 Å². The van der Waals surface area contributed by atoms with Gasteiger partial charge in [0.15, 0.2) is 0 Å². The number of amides is 1. The van der Waals surface area contributed by atoms with Gasteiger partial charge in [0.05, 0.1) is 0 Å². The summed E-state index contributed by atoms with van der Waals surface area (Å²) in [4.78, 5) is 13.2. The molecule has 1 aliphatic carbocycles. The van der Waals surface area contributed by atoms with Gasteiger partial charge in [0.25, 0.3) is 0 Å². The number of hydrogen-bond acceptors (Lipinski definition) is 3. The van der Waals surface area contributed by atoms with Crippen molar-refractivity contribution in [1.29, 1.82) is 0 Å². The molecule has 1 amide bonds. The molecule has 100 valence electrons. The van der Waals surface area contributed by atoms with Gasteiger partial charge in [-0.1, -0.05) is 0 Å². The number of hydrogen-bond donors (Lipinski definition) is 1. The molecule has 1 atom stereocenters. The fourth-order valence-electron chi connectivity index (χ4n) is 2.25. The Bertz CT molecular complexity index is 447. The SMILES string of the molecule is CC1(NC(=O)OC(C)(C)C)CCc2ccsc2C1. The first-order valence-electron chi connectivity index (χ1n) is 6.34. The molecular weight excluding hydrogens is 246 g/mol. The third-order valence-electron chi connectivity index (χ3n) is 3.14. The van der Waals surface area contributed by atoms with Gasteiger partial charge in [0.1, 0.15) is 5.60 Å². The zero-order valence-electron chi connectivity index (χ0n) is 11.5. The molecule has 0 aliphatic heterocycles. The number of rotatable bonds is 1. The highest BCUT2D eigenvalue weighted by Gasteiger charge is 2.33. The summed E-state index contributed by atoms with van der Waals surface area (Å²) in [6.07, 6.45) is 2.59. The summed E-state index contributed by atoms with van der Waals surface area (Å²) in [5, 5.41) is 5.16. The van der Waals surface area contributed by atoms with E-state index in [1.54, 1.807) is 11.3 Å². The Balaban J connectivity index is 2.00. The van der Waals surface area contributed by atoms with Crippen molar-refractivity contribution in [3.63, 3.8) is 0 Å². The summed E-state index contributed by atoms with van der Waals surface area (Å²) < 4.78 is 5.33. The minimum atomic E-state index is -0.441. The van der Waals surface area contributed by atoms with Crippen LogP contribution in [0.5, 0.6) is 0 Å². The standard InChI is InChI=1S/C14H21NO2S/c1-13(2,3)17-12(16)15-14(4)7-5-10-6-8-18-11(10)9-14/h6,8H,5,7,9H2,1-4H3,(H,15,16). The maximum absolute atomic E-state index is 11.9. The fourth-order valence-corrected chi connectivity index (χ4v) is 3.37. The molecule has 1 heterocycles.